The number of rotatable bonds is 6. The molecule has 1 aromatic carbocycles. The second-order valence-electron chi connectivity index (χ2n) is 4.87. The lowest BCUT2D eigenvalue weighted by molar-refractivity contribution is -0.120. The predicted molar refractivity (Wildman–Crippen MR) is 81.2 cm³/mol. The van der Waals surface area contributed by atoms with Crippen molar-refractivity contribution in [3.05, 3.63) is 23.8 Å². The zero-order chi connectivity index (χ0) is 14.4. The van der Waals surface area contributed by atoms with Crippen LogP contribution in [-0.2, 0) is 4.79 Å². The number of nitrogen functional groups attached to an aromatic ring is 1. The molecule has 4 heteroatoms. The quantitative estimate of drug-likeness (QED) is 0.776. The molecule has 0 saturated heterocycles. The Bertz CT molecular complexity index is 431. The van der Waals surface area contributed by atoms with Gasteiger partial charge in [-0.15, -0.1) is 0 Å². The van der Waals surface area contributed by atoms with Gasteiger partial charge in [-0.2, -0.15) is 0 Å². The van der Waals surface area contributed by atoms with Crippen molar-refractivity contribution in [1.82, 2.24) is 4.90 Å². The zero-order valence-electron chi connectivity index (χ0n) is 12.4. The number of hydrogen-bond donors (Lipinski definition) is 2. The highest BCUT2D eigenvalue weighted by molar-refractivity contribution is 5.95. The molecule has 106 valence electrons. The number of likely N-dealkylation sites (N-methyl/N-ethyl adjacent to an activating group) is 1. The van der Waals surface area contributed by atoms with Gasteiger partial charge in [-0.1, -0.05) is 13.8 Å². The van der Waals surface area contributed by atoms with Gasteiger partial charge >= 0.3 is 0 Å². The van der Waals surface area contributed by atoms with Gasteiger partial charge in [0, 0.05) is 11.4 Å². The second kappa shape index (κ2) is 7.14. The molecule has 3 N–H and O–H groups in total. The topological polar surface area (TPSA) is 58.4 Å². The van der Waals surface area contributed by atoms with E-state index in [2.05, 4.69) is 24.1 Å². The fraction of sp³-hybridized carbons (Fsp3) is 0.533. The Balaban J connectivity index is 2.72. The number of hydrogen-bond acceptors (Lipinski definition) is 3. The Morgan fingerprint density at radius 1 is 1.42 bits per heavy atom. The summed E-state index contributed by atoms with van der Waals surface area (Å²) < 4.78 is 0. The van der Waals surface area contributed by atoms with Crippen LogP contribution in [0, 0.1) is 6.92 Å². The Kier molecular flexibility index (Phi) is 5.83. The molecule has 0 aliphatic carbocycles. The summed E-state index contributed by atoms with van der Waals surface area (Å²) in [5.41, 5.74) is 8.24. The van der Waals surface area contributed by atoms with E-state index in [1.165, 1.54) is 0 Å². The average molecular weight is 263 g/mol. The Hall–Kier alpha value is -1.55. The molecule has 0 aliphatic heterocycles. The van der Waals surface area contributed by atoms with E-state index in [1.54, 1.807) is 6.07 Å². The molecule has 0 saturated carbocycles. The molecule has 1 amide bonds. The molecule has 0 radical (unpaired) electrons. The number of nitrogens with one attached hydrogen (secondary N) is 1. The largest absolute Gasteiger partial charge is 0.399 e. The normalized spacial score (nSPS) is 12.5. The summed E-state index contributed by atoms with van der Waals surface area (Å²) >= 11 is 0. The van der Waals surface area contributed by atoms with E-state index in [1.807, 2.05) is 26.0 Å². The number of carbonyl (C=O) groups excluding carboxylic acids is 1. The van der Waals surface area contributed by atoms with Gasteiger partial charge in [0.15, 0.2) is 0 Å². The highest BCUT2D eigenvalue weighted by Crippen LogP contribution is 2.18. The fourth-order valence-electron chi connectivity index (χ4n) is 2.14. The summed E-state index contributed by atoms with van der Waals surface area (Å²) in [5.74, 6) is 0.0307. The standard InChI is InChI=1S/C15H25N3O/c1-5-9-18(6-2)12(4)15(19)17-14-8-7-13(16)10-11(14)3/h7-8,10,12H,5-6,9,16H2,1-4H3,(H,17,19). The van der Waals surface area contributed by atoms with Crippen molar-refractivity contribution < 1.29 is 4.79 Å². The fourth-order valence-corrected chi connectivity index (χ4v) is 2.14. The van der Waals surface area contributed by atoms with Crippen LogP contribution in [0.4, 0.5) is 11.4 Å². The average Bonchev–Trinajstić information content (AvgIpc) is 2.38. The summed E-state index contributed by atoms with van der Waals surface area (Å²) in [6.07, 6.45) is 1.05. The Morgan fingerprint density at radius 2 is 2.11 bits per heavy atom. The summed E-state index contributed by atoms with van der Waals surface area (Å²) in [5, 5.41) is 2.97. The molecule has 1 rings (SSSR count). The van der Waals surface area contributed by atoms with Crippen molar-refractivity contribution in [2.45, 2.75) is 40.2 Å². The summed E-state index contributed by atoms with van der Waals surface area (Å²) in [7, 11) is 0. The van der Waals surface area contributed by atoms with Crippen LogP contribution in [0.2, 0.25) is 0 Å². The molecule has 0 aromatic heterocycles. The van der Waals surface area contributed by atoms with E-state index in [0.29, 0.717) is 5.69 Å². The van der Waals surface area contributed by atoms with E-state index in [9.17, 15) is 4.79 Å². The molecule has 19 heavy (non-hydrogen) atoms. The van der Waals surface area contributed by atoms with Gasteiger partial charge in [0.05, 0.1) is 6.04 Å². The first-order valence-corrected chi connectivity index (χ1v) is 6.90. The van der Waals surface area contributed by atoms with Crippen LogP contribution in [0.3, 0.4) is 0 Å². The van der Waals surface area contributed by atoms with Gasteiger partial charge in [-0.25, -0.2) is 0 Å². The van der Waals surface area contributed by atoms with Crippen LogP contribution < -0.4 is 11.1 Å². The summed E-state index contributed by atoms with van der Waals surface area (Å²) in [4.78, 5) is 14.4. The lowest BCUT2D eigenvalue weighted by atomic mass is 10.1. The second-order valence-corrected chi connectivity index (χ2v) is 4.87. The van der Waals surface area contributed by atoms with Gasteiger partial charge in [0.2, 0.25) is 5.91 Å². The van der Waals surface area contributed by atoms with Crippen molar-refractivity contribution in [3.8, 4) is 0 Å². The van der Waals surface area contributed by atoms with E-state index in [4.69, 9.17) is 5.73 Å². The van der Waals surface area contributed by atoms with E-state index in [-0.39, 0.29) is 11.9 Å². The summed E-state index contributed by atoms with van der Waals surface area (Å²) in [6, 6.07) is 5.40. The molecule has 0 fully saturated rings. The number of benzene rings is 1. The zero-order valence-corrected chi connectivity index (χ0v) is 12.4. The van der Waals surface area contributed by atoms with Crippen molar-refractivity contribution in [3.63, 3.8) is 0 Å². The third kappa shape index (κ3) is 4.24. The molecule has 1 aromatic rings. The smallest absolute Gasteiger partial charge is 0.241 e. The maximum atomic E-state index is 12.2. The molecule has 4 nitrogen and oxygen atoms in total. The monoisotopic (exact) mass is 263 g/mol. The summed E-state index contributed by atoms with van der Waals surface area (Å²) in [6.45, 7) is 9.90. The third-order valence-electron chi connectivity index (χ3n) is 3.35. The van der Waals surface area contributed by atoms with Crippen LogP contribution in [0.25, 0.3) is 0 Å². The number of carbonyl (C=O) groups is 1. The molecular weight excluding hydrogens is 238 g/mol. The minimum Gasteiger partial charge on any atom is -0.399 e. The van der Waals surface area contributed by atoms with E-state index >= 15 is 0 Å². The minimum atomic E-state index is -0.123. The highest BCUT2D eigenvalue weighted by atomic mass is 16.2. The molecule has 0 heterocycles. The maximum absolute atomic E-state index is 12.2. The van der Waals surface area contributed by atoms with Gasteiger partial charge < -0.3 is 11.1 Å². The Morgan fingerprint density at radius 3 is 2.63 bits per heavy atom. The van der Waals surface area contributed by atoms with Crippen molar-refractivity contribution in [2.24, 2.45) is 0 Å². The minimum absolute atomic E-state index is 0.0307. The van der Waals surface area contributed by atoms with Gasteiger partial charge in [-0.05, 0) is 57.1 Å². The number of aryl methyl sites for hydroxylation is 1. The van der Waals surface area contributed by atoms with Gasteiger partial charge in [-0.3, -0.25) is 9.69 Å². The first-order chi connectivity index (χ1) is 8.99. The van der Waals surface area contributed by atoms with Crippen LogP contribution in [0.15, 0.2) is 18.2 Å². The van der Waals surface area contributed by atoms with Gasteiger partial charge in [0.1, 0.15) is 0 Å². The van der Waals surface area contributed by atoms with Crippen molar-refractivity contribution >= 4 is 17.3 Å². The molecule has 0 aliphatic rings. The SMILES string of the molecule is CCCN(CC)C(C)C(=O)Nc1ccc(N)cc1C. The Labute approximate surface area is 116 Å². The lowest BCUT2D eigenvalue weighted by Crippen LogP contribution is -2.42. The number of nitrogens with two attached hydrogens (primary N) is 1. The van der Waals surface area contributed by atoms with Crippen molar-refractivity contribution in [1.29, 1.82) is 0 Å². The number of amides is 1. The molecule has 0 bridgehead atoms. The molecule has 1 unspecified atom stereocenters. The van der Waals surface area contributed by atoms with Crippen LogP contribution in [0.1, 0.15) is 32.8 Å². The first-order valence-electron chi connectivity index (χ1n) is 6.90. The van der Waals surface area contributed by atoms with Crippen LogP contribution in [0.5, 0.6) is 0 Å². The maximum Gasteiger partial charge on any atom is 0.241 e. The van der Waals surface area contributed by atoms with Crippen molar-refractivity contribution in [2.75, 3.05) is 24.1 Å². The first kappa shape index (κ1) is 15.5. The highest BCUT2D eigenvalue weighted by Gasteiger charge is 2.19. The lowest BCUT2D eigenvalue weighted by Gasteiger charge is -2.26. The van der Waals surface area contributed by atoms with E-state index < -0.39 is 0 Å². The predicted octanol–water partition coefficient (Wildman–Crippen LogP) is 2.64. The third-order valence-corrected chi connectivity index (χ3v) is 3.35. The molecular formula is C15H25N3O. The number of nitrogens with zero attached hydrogens (tertiary/aromatic N) is 1. The molecule has 1 atom stereocenters. The van der Waals surface area contributed by atoms with Gasteiger partial charge in [0.25, 0.3) is 0 Å². The van der Waals surface area contributed by atoms with Crippen LogP contribution in [-0.4, -0.2) is 29.9 Å². The van der Waals surface area contributed by atoms with Crippen LogP contribution >= 0.6 is 0 Å². The molecule has 0 spiro atoms. The van der Waals surface area contributed by atoms with E-state index in [0.717, 1.165) is 30.8 Å². The number of anilines is 2.